The summed E-state index contributed by atoms with van der Waals surface area (Å²) >= 11 is 0. The van der Waals surface area contributed by atoms with Crippen LogP contribution in [0.15, 0.2) is 24.3 Å². The molecule has 0 radical (unpaired) electrons. The maximum absolute atomic E-state index is 11.3. The summed E-state index contributed by atoms with van der Waals surface area (Å²) in [7, 11) is 0. The highest BCUT2D eigenvalue weighted by Crippen LogP contribution is 2.26. The highest BCUT2D eigenvalue weighted by molar-refractivity contribution is 5.81. The second-order valence-electron chi connectivity index (χ2n) is 6.17. The van der Waals surface area contributed by atoms with Crippen molar-refractivity contribution in [3.8, 4) is 0 Å². The molecule has 2 aromatic rings. The highest BCUT2D eigenvalue weighted by atomic mass is 16.4. The Hall–Kier alpha value is -1.88. The van der Waals surface area contributed by atoms with Gasteiger partial charge in [-0.05, 0) is 32.8 Å². The molecule has 1 saturated heterocycles. The largest absolute Gasteiger partial charge is 0.481 e. The smallest absolute Gasteiger partial charge is 0.307 e. The molecule has 2 heterocycles. The van der Waals surface area contributed by atoms with Crippen molar-refractivity contribution in [1.29, 1.82) is 0 Å². The number of carbonyl (C=O) groups is 1. The fraction of sp³-hybridized carbons (Fsp3) is 0.529. The van der Waals surface area contributed by atoms with Crippen LogP contribution < -0.4 is 0 Å². The Kier molecular flexibility index (Phi) is 4.16. The Morgan fingerprint density at radius 3 is 2.86 bits per heavy atom. The fourth-order valence-corrected chi connectivity index (χ4v) is 3.35. The summed E-state index contributed by atoms with van der Waals surface area (Å²) in [4.78, 5) is 13.5. The molecule has 22 heavy (non-hydrogen) atoms. The van der Waals surface area contributed by atoms with Gasteiger partial charge in [-0.2, -0.15) is 5.10 Å². The number of aryl methyl sites for hydroxylation is 1. The van der Waals surface area contributed by atoms with Crippen molar-refractivity contribution in [2.75, 3.05) is 6.54 Å². The van der Waals surface area contributed by atoms with Crippen LogP contribution in [0, 0.1) is 5.92 Å². The lowest BCUT2D eigenvalue weighted by Crippen LogP contribution is -2.43. The molecule has 1 aromatic heterocycles. The molecule has 3 rings (SSSR count). The Morgan fingerprint density at radius 1 is 1.36 bits per heavy atom. The van der Waals surface area contributed by atoms with Crippen molar-refractivity contribution in [3.63, 3.8) is 0 Å². The van der Waals surface area contributed by atoms with E-state index < -0.39 is 5.97 Å². The number of aromatic nitrogens is 2. The molecule has 1 aliphatic rings. The van der Waals surface area contributed by atoms with Crippen molar-refractivity contribution in [2.24, 2.45) is 5.92 Å². The van der Waals surface area contributed by atoms with E-state index in [9.17, 15) is 9.90 Å². The number of para-hydroxylation sites is 1. The van der Waals surface area contributed by atoms with E-state index in [-0.39, 0.29) is 5.92 Å². The first-order valence-electron chi connectivity index (χ1n) is 8.01. The first-order chi connectivity index (χ1) is 10.6. The lowest BCUT2D eigenvalue weighted by molar-refractivity contribution is -0.144. The number of hydrogen-bond donors (Lipinski definition) is 1. The van der Waals surface area contributed by atoms with E-state index in [2.05, 4.69) is 30.9 Å². The second kappa shape index (κ2) is 6.08. The molecule has 5 nitrogen and oxygen atoms in total. The molecule has 1 aromatic carbocycles. The second-order valence-corrected chi connectivity index (χ2v) is 6.17. The molecule has 0 aliphatic carbocycles. The molecule has 1 aliphatic heterocycles. The lowest BCUT2D eigenvalue weighted by atomic mass is 9.93. The van der Waals surface area contributed by atoms with Crippen LogP contribution in [0.5, 0.6) is 0 Å². The van der Waals surface area contributed by atoms with E-state index in [4.69, 9.17) is 5.10 Å². The molecule has 118 valence electrons. The van der Waals surface area contributed by atoms with E-state index in [0.717, 1.165) is 37.1 Å². The van der Waals surface area contributed by atoms with Crippen molar-refractivity contribution >= 4 is 16.9 Å². The lowest BCUT2D eigenvalue weighted by Gasteiger charge is -2.36. The number of benzene rings is 1. The zero-order chi connectivity index (χ0) is 15.7. The molecule has 1 fully saturated rings. The van der Waals surface area contributed by atoms with E-state index in [1.54, 1.807) is 0 Å². The van der Waals surface area contributed by atoms with Crippen LogP contribution in [0.25, 0.3) is 10.9 Å². The van der Waals surface area contributed by atoms with Gasteiger partial charge in [0.2, 0.25) is 0 Å². The minimum atomic E-state index is -0.680. The van der Waals surface area contributed by atoms with Crippen molar-refractivity contribution < 1.29 is 9.90 Å². The van der Waals surface area contributed by atoms with Crippen molar-refractivity contribution in [2.45, 2.75) is 45.8 Å². The first kappa shape index (κ1) is 15.0. The predicted molar refractivity (Wildman–Crippen MR) is 85.6 cm³/mol. The molecule has 2 atom stereocenters. The summed E-state index contributed by atoms with van der Waals surface area (Å²) < 4.78 is 2.02. The number of carboxylic acids is 1. The van der Waals surface area contributed by atoms with Gasteiger partial charge in [-0.15, -0.1) is 0 Å². The van der Waals surface area contributed by atoms with E-state index in [0.29, 0.717) is 12.6 Å². The van der Waals surface area contributed by atoms with Gasteiger partial charge in [0.05, 0.1) is 17.1 Å². The molecule has 0 spiro atoms. The minimum Gasteiger partial charge on any atom is -0.481 e. The maximum atomic E-state index is 11.3. The SMILES string of the molecule is CCn1nc(CN2CC(C(=O)O)CCC2C)c2ccccc21. The van der Waals surface area contributed by atoms with Crippen LogP contribution in [0.3, 0.4) is 0 Å². The van der Waals surface area contributed by atoms with Crippen molar-refractivity contribution in [1.82, 2.24) is 14.7 Å². The third-order valence-corrected chi connectivity index (χ3v) is 4.75. The van der Waals surface area contributed by atoms with Gasteiger partial charge >= 0.3 is 5.97 Å². The summed E-state index contributed by atoms with van der Waals surface area (Å²) in [6, 6.07) is 8.67. The number of carboxylic acid groups (broad SMARTS) is 1. The minimum absolute atomic E-state index is 0.254. The monoisotopic (exact) mass is 301 g/mol. The van der Waals surface area contributed by atoms with Gasteiger partial charge in [0.25, 0.3) is 0 Å². The average Bonchev–Trinajstić information content (AvgIpc) is 2.87. The standard InChI is InChI=1S/C17H23N3O2/c1-3-20-16-7-5-4-6-14(16)15(18-20)11-19-10-13(17(21)22)9-8-12(19)2/h4-7,12-13H,3,8-11H2,1-2H3,(H,21,22). The number of rotatable bonds is 4. The summed E-state index contributed by atoms with van der Waals surface area (Å²) in [5.74, 6) is -0.934. The molecular weight excluding hydrogens is 278 g/mol. The quantitative estimate of drug-likeness (QED) is 0.943. The molecular formula is C17H23N3O2. The Morgan fingerprint density at radius 2 is 2.14 bits per heavy atom. The van der Waals surface area contributed by atoms with Gasteiger partial charge in [-0.1, -0.05) is 18.2 Å². The van der Waals surface area contributed by atoms with Gasteiger partial charge in [-0.25, -0.2) is 0 Å². The number of aliphatic carboxylic acids is 1. The van der Waals surface area contributed by atoms with Gasteiger partial charge in [0.1, 0.15) is 0 Å². The van der Waals surface area contributed by atoms with Crippen LogP contribution in [0.4, 0.5) is 0 Å². The number of fused-ring (bicyclic) bond motifs is 1. The normalized spacial score (nSPS) is 23.0. The van der Waals surface area contributed by atoms with Gasteiger partial charge in [0.15, 0.2) is 0 Å². The molecule has 0 saturated carbocycles. The zero-order valence-electron chi connectivity index (χ0n) is 13.2. The Balaban J connectivity index is 1.87. The fourth-order valence-electron chi connectivity index (χ4n) is 3.35. The van der Waals surface area contributed by atoms with Crippen LogP contribution >= 0.6 is 0 Å². The topological polar surface area (TPSA) is 58.4 Å². The summed E-state index contributed by atoms with van der Waals surface area (Å²) in [5, 5.41) is 15.2. The molecule has 0 bridgehead atoms. The summed E-state index contributed by atoms with van der Waals surface area (Å²) in [6.07, 6.45) is 1.71. The van der Waals surface area contributed by atoms with Gasteiger partial charge in [0, 0.05) is 31.1 Å². The van der Waals surface area contributed by atoms with Crippen LogP contribution in [0.2, 0.25) is 0 Å². The number of hydrogen-bond acceptors (Lipinski definition) is 3. The third-order valence-electron chi connectivity index (χ3n) is 4.75. The van der Waals surface area contributed by atoms with Crippen molar-refractivity contribution in [3.05, 3.63) is 30.0 Å². The van der Waals surface area contributed by atoms with Crippen LogP contribution in [0.1, 0.15) is 32.4 Å². The Bertz CT molecular complexity index is 680. The third kappa shape index (κ3) is 2.73. The molecule has 0 amide bonds. The van der Waals surface area contributed by atoms with E-state index in [1.807, 2.05) is 16.8 Å². The van der Waals surface area contributed by atoms with Gasteiger partial charge in [-0.3, -0.25) is 14.4 Å². The van der Waals surface area contributed by atoms with E-state index >= 15 is 0 Å². The number of piperidine rings is 1. The zero-order valence-corrected chi connectivity index (χ0v) is 13.2. The first-order valence-corrected chi connectivity index (χ1v) is 8.01. The highest BCUT2D eigenvalue weighted by Gasteiger charge is 2.30. The summed E-state index contributed by atoms with van der Waals surface area (Å²) in [5.41, 5.74) is 2.20. The molecule has 1 N–H and O–H groups in total. The van der Waals surface area contributed by atoms with E-state index in [1.165, 1.54) is 5.39 Å². The number of likely N-dealkylation sites (tertiary alicyclic amines) is 1. The van der Waals surface area contributed by atoms with Crippen LogP contribution in [-0.4, -0.2) is 38.3 Å². The average molecular weight is 301 g/mol. The molecule has 5 heteroatoms. The Labute approximate surface area is 130 Å². The summed E-state index contributed by atoms with van der Waals surface area (Å²) in [6.45, 7) is 6.44. The predicted octanol–water partition coefficient (Wildman–Crippen LogP) is 2.74. The van der Waals surface area contributed by atoms with Crippen LogP contribution in [-0.2, 0) is 17.9 Å². The molecule has 2 unspecified atom stereocenters. The van der Waals surface area contributed by atoms with Gasteiger partial charge < -0.3 is 5.11 Å². The number of nitrogens with zero attached hydrogens (tertiary/aromatic N) is 3. The maximum Gasteiger partial charge on any atom is 0.307 e.